The van der Waals surface area contributed by atoms with Crippen LogP contribution in [0.2, 0.25) is 0 Å². The first-order chi connectivity index (χ1) is 9.20. The number of nitrogens with zero attached hydrogens (tertiary/aromatic N) is 2. The van der Waals surface area contributed by atoms with Gasteiger partial charge in [0.25, 0.3) is 0 Å². The molecule has 0 aliphatic carbocycles. The van der Waals surface area contributed by atoms with Crippen LogP contribution in [0.3, 0.4) is 0 Å². The molecule has 0 amide bonds. The molecule has 94 valence electrons. The zero-order chi connectivity index (χ0) is 13.7. The molecule has 0 saturated carbocycles. The maximum atomic E-state index is 11.3. The van der Waals surface area contributed by atoms with Gasteiger partial charge in [0, 0.05) is 6.20 Å². The van der Waals surface area contributed by atoms with Gasteiger partial charge in [0.05, 0.1) is 16.7 Å². The summed E-state index contributed by atoms with van der Waals surface area (Å²) >= 11 is 1.12. The Kier molecular flexibility index (Phi) is 4.16. The molecule has 2 rings (SSSR count). The highest BCUT2D eigenvalue weighted by atomic mass is 32.2. The van der Waals surface area contributed by atoms with Gasteiger partial charge in [-0.05, 0) is 17.7 Å². The van der Waals surface area contributed by atoms with Crippen molar-refractivity contribution in [3.8, 4) is 6.07 Å². The van der Waals surface area contributed by atoms with E-state index < -0.39 is 11.2 Å². The van der Waals surface area contributed by atoms with Gasteiger partial charge in [-0.2, -0.15) is 5.26 Å². The zero-order valence-electron chi connectivity index (χ0n) is 9.85. The SMILES string of the molecule is N#Cc1ccnc(SC(C(=O)O)c2ccccc2)c1. The molecular formula is C14H10N2O2S. The molecular weight excluding hydrogens is 260 g/mol. The molecule has 0 aliphatic heterocycles. The standard InChI is InChI=1S/C14H10N2O2S/c15-9-10-6-7-16-12(8-10)19-13(14(17)18)11-4-2-1-3-5-11/h1-8,13H,(H,17,18). The second-order valence-electron chi connectivity index (χ2n) is 3.74. The lowest BCUT2D eigenvalue weighted by Gasteiger charge is -2.11. The molecule has 0 bridgehead atoms. The molecule has 1 aromatic heterocycles. The Morgan fingerprint density at radius 1 is 1.32 bits per heavy atom. The molecule has 1 heterocycles. The van der Waals surface area contributed by atoms with E-state index in [9.17, 15) is 9.90 Å². The van der Waals surface area contributed by atoms with E-state index in [0.717, 1.165) is 11.8 Å². The van der Waals surface area contributed by atoms with Gasteiger partial charge in [0.2, 0.25) is 0 Å². The van der Waals surface area contributed by atoms with E-state index in [4.69, 9.17) is 5.26 Å². The third-order valence-electron chi connectivity index (χ3n) is 2.43. The summed E-state index contributed by atoms with van der Waals surface area (Å²) in [6.07, 6.45) is 1.50. The van der Waals surface area contributed by atoms with Crippen LogP contribution in [0.25, 0.3) is 0 Å². The first-order valence-corrected chi connectivity index (χ1v) is 6.39. The predicted molar refractivity (Wildman–Crippen MR) is 71.6 cm³/mol. The van der Waals surface area contributed by atoms with Crippen molar-refractivity contribution in [1.29, 1.82) is 5.26 Å². The average Bonchev–Trinajstić information content (AvgIpc) is 2.45. The van der Waals surface area contributed by atoms with Crippen molar-refractivity contribution < 1.29 is 9.90 Å². The highest BCUT2D eigenvalue weighted by molar-refractivity contribution is 8.00. The van der Waals surface area contributed by atoms with E-state index in [-0.39, 0.29) is 0 Å². The second-order valence-corrected chi connectivity index (χ2v) is 4.87. The summed E-state index contributed by atoms with van der Waals surface area (Å²) in [5.74, 6) is -0.930. The Labute approximate surface area is 114 Å². The van der Waals surface area contributed by atoms with Gasteiger partial charge >= 0.3 is 5.97 Å². The normalized spacial score (nSPS) is 11.5. The van der Waals surface area contributed by atoms with Crippen molar-refractivity contribution in [3.05, 3.63) is 59.8 Å². The summed E-state index contributed by atoms with van der Waals surface area (Å²) < 4.78 is 0. The van der Waals surface area contributed by atoms with Crippen LogP contribution in [0.5, 0.6) is 0 Å². The molecule has 1 aromatic carbocycles. The van der Waals surface area contributed by atoms with Gasteiger partial charge in [-0.25, -0.2) is 4.98 Å². The number of benzene rings is 1. The summed E-state index contributed by atoms with van der Waals surface area (Å²) in [5, 5.41) is 17.9. The maximum Gasteiger partial charge on any atom is 0.321 e. The van der Waals surface area contributed by atoms with Crippen molar-refractivity contribution in [2.45, 2.75) is 10.3 Å². The van der Waals surface area contributed by atoms with Crippen LogP contribution >= 0.6 is 11.8 Å². The average molecular weight is 270 g/mol. The van der Waals surface area contributed by atoms with Gasteiger partial charge in [-0.1, -0.05) is 42.1 Å². The lowest BCUT2D eigenvalue weighted by molar-refractivity contribution is -0.136. The molecule has 5 heteroatoms. The Morgan fingerprint density at radius 2 is 2.05 bits per heavy atom. The number of carboxylic acids is 1. The Morgan fingerprint density at radius 3 is 2.68 bits per heavy atom. The Bertz CT molecular complexity index is 623. The monoisotopic (exact) mass is 270 g/mol. The minimum Gasteiger partial charge on any atom is -0.480 e. The van der Waals surface area contributed by atoms with Crippen molar-refractivity contribution in [3.63, 3.8) is 0 Å². The number of nitriles is 1. The van der Waals surface area contributed by atoms with Gasteiger partial charge in [0.15, 0.2) is 0 Å². The lowest BCUT2D eigenvalue weighted by Crippen LogP contribution is -2.08. The van der Waals surface area contributed by atoms with Gasteiger partial charge in [0.1, 0.15) is 5.25 Å². The van der Waals surface area contributed by atoms with Gasteiger partial charge < -0.3 is 5.11 Å². The van der Waals surface area contributed by atoms with E-state index >= 15 is 0 Å². The topological polar surface area (TPSA) is 74.0 Å². The van der Waals surface area contributed by atoms with Gasteiger partial charge in [-0.3, -0.25) is 4.79 Å². The van der Waals surface area contributed by atoms with Crippen molar-refractivity contribution in [2.75, 3.05) is 0 Å². The third kappa shape index (κ3) is 3.33. The summed E-state index contributed by atoms with van der Waals surface area (Å²) in [6, 6.07) is 14.1. The highest BCUT2D eigenvalue weighted by Crippen LogP contribution is 2.34. The van der Waals surface area contributed by atoms with Gasteiger partial charge in [-0.15, -0.1) is 0 Å². The number of hydrogen-bond acceptors (Lipinski definition) is 4. The fourth-order valence-corrected chi connectivity index (χ4v) is 2.51. The lowest BCUT2D eigenvalue weighted by atomic mass is 10.1. The smallest absolute Gasteiger partial charge is 0.321 e. The van der Waals surface area contributed by atoms with Crippen LogP contribution in [0.1, 0.15) is 16.4 Å². The largest absolute Gasteiger partial charge is 0.480 e. The molecule has 1 atom stereocenters. The number of hydrogen-bond donors (Lipinski definition) is 1. The van der Waals surface area contributed by atoms with Crippen LogP contribution in [0, 0.1) is 11.3 Å². The van der Waals surface area contributed by atoms with E-state index in [0.29, 0.717) is 16.2 Å². The minimum atomic E-state index is -0.930. The van der Waals surface area contributed by atoms with Crippen LogP contribution < -0.4 is 0 Å². The Balaban J connectivity index is 2.27. The minimum absolute atomic E-state index is 0.467. The number of carboxylic acid groups (broad SMARTS) is 1. The maximum absolute atomic E-state index is 11.3. The fourth-order valence-electron chi connectivity index (χ4n) is 1.55. The molecule has 0 aliphatic rings. The quantitative estimate of drug-likeness (QED) is 0.865. The predicted octanol–water partition coefficient (Wildman–Crippen LogP) is 2.87. The van der Waals surface area contributed by atoms with Crippen LogP contribution in [-0.2, 0) is 4.79 Å². The molecule has 0 fully saturated rings. The number of rotatable bonds is 4. The summed E-state index contributed by atoms with van der Waals surface area (Å²) in [6.45, 7) is 0. The first-order valence-electron chi connectivity index (χ1n) is 5.51. The van der Waals surface area contributed by atoms with Crippen molar-refractivity contribution in [1.82, 2.24) is 4.98 Å². The molecule has 2 aromatic rings. The summed E-state index contributed by atoms with van der Waals surface area (Å²) in [7, 11) is 0. The van der Waals surface area contributed by atoms with Crippen molar-refractivity contribution in [2.24, 2.45) is 0 Å². The molecule has 1 unspecified atom stereocenters. The molecule has 0 spiro atoms. The van der Waals surface area contributed by atoms with Crippen LogP contribution in [-0.4, -0.2) is 16.1 Å². The third-order valence-corrected chi connectivity index (χ3v) is 3.60. The van der Waals surface area contributed by atoms with E-state index in [1.165, 1.54) is 6.20 Å². The highest BCUT2D eigenvalue weighted by Gasteiger charge is 2.21. The number of pyridine rings is 1. The van der Waals surface area contributed by atoms with E-state index in [1.807, 2.05) is 12.1 Å². The number of aliphatic carboxylic acids is 1. The number of thioether (sulfide) groups is 1. The van der Waals surface area contributed by atoms with Crippen molar-refractivity contribution >= 4 is 17.7 Å². The second kappa shape index (κ2) is 6.03. The molecule has 0 radical (unpaired) electrons. The molecule has 0 saturated heterocycles. The number of aromatic nitrogens is 1. The fraction of sp³-hybridized carbons (Fsp3) is 0.0714. The zero-order valence-corrected chi connectivity index (χ0v) is 10.7. The van der Waals surface area contributed by atoms with E-state index in [1.54, 1.807) is 36.4 Å². The Hall–Kier alpha value is -2.32. The number of carbonyl (C=O) groups is 1. The first kappa shape index (κ1) is 13.1. The molecule has 1 N–H and O–H groups in total. The molecule has 19 heavy (non-hydrogen) atoms. The van der Waals surface area contributed by atoms with Crippen LogP contribution in [0.15, 0.2) is 53.7 Å². The van der Waals surface area contributed by atoms with E-state index in [2.05, 4.69) is 4.98 Å². The van der Waals surface area contributed by atoms with Crippen LogP contribution in [0.4, 0.5) is 0 Å². The summed E-state index contributed by atoms with van der Waals surface area (Å²) in [4.78, 5) is 15.4. The molecule has 4 nitrogen and oxygen atoms in total. The summed E-state index contributed by atoms with van der Waals surface area (Å²) in [5.41, 5.74) is 1.17.